The fraction of sp³-hybridized carbons (Fsp3) is 1.00. The second kappa shape index (κ2) is 7.46. The average molecular weight is 293 g/mol. The minimum absolute atomic E-state index is 0.787. The number of rotatable bonds is 4. The molecule has 1 heterocycles. The standard InChI is InChI=1S/C19H36N2/c1-3-20-18-11-10-15(2)13-17(18)14-21-12-6-8-16-7-4-5-9-19(16)21/h15-20H,3-14H2,1-2H3. The predicted octanol–water partition coefficient (Wildman–Crippen LogP) is 4.06. The fourth-order valence-corrected chi connectivity index (χ4v) is 5.49. The monoisotopic (exact) mass is 292 g/mol. The number of nitrogens with zero attached hydrogens (tertiary/aromatic N) is 1. The van der Waals surface area contributed by atoms with Crippen LogP contribution >= 0.6 is 0 Å². The van der Waals surface area contributed by atoms with Crippen LogP contribution in [0.1, 0.15) is 71.6 Å². The van der Waals surface area contributed by atoms with Crippen LogP contribution in [0.25, 0.3) is 0 Å². The highest BCUT2D eigenvalue weighted by Crippen LogP contribution is 2.37. The fourth-order valence-electron chi connectivity index (χ4n) is 5.49. The molecule has 3 aliphatic rings. The molecule has 0 bridgehead atoms. The van der Waals surface area contributed by atoms with E-state index >= 15 is 0 Å². The molecule has 122 valence electrons. The Labute approximate surface area is 132 Å². The van der Waals surface area contributed by atoms with Gasteiger partial charge in [-0.3, -0.25) is 4.90 Å². The number of fused-ring (bicyclic) bond motifs is 1. The zero-order valence-electron chi connectivity index (χ0n) is 14.3. The van der Waals surface area contributed by atoms with Crippen LogP contribution in [0.15, 0.2) is 0 Å². The highest BCUT2D eigenvalue weighted by atomic mass is 15.2. The zero-order chi connectivity index (χ0) is 14.7. The molecule has 3 rings (SSSR count). The lowest BCUT2D eigenvalue weighted by atomic mass is 9.75. The van der Waals surface area contributed by atoms with E-state index in [0.717, 1.165) is 36.4 Å². The molecule has 0 spiro atoms. The first-order valence-corrected chi connectivity index (χ1v) is 9.75. The Morgan fingerprint density at radius 1 is 1.00 bits per heavy atom. The topological polar surface area (TPSA) is 15.3 Å². The molecule has 0 amide bonds. The van der Waals surface area contributed by atoms with E-state index in [1.54, 1.807) is 0 Å². The van der Waals surface area contributed by atoms with Crippen LogP contribution < -0.4 is 5.32 Å². The summed E-state index contributed by atoms with van der Waals surface area (Å²) in [5.74, 6) is 2.87. The smallest absolute Gasteiger partial charge is 0.0124 e. The van der Waals surface area contributed by atoms with Crippen molar-refractivity contribution in [2.24, 2.45) is 17.8 Å². The van der Waals surface area contributed by atoms with Gasteiger partial charge < -0.3 is 5.32 Å². The van der Waals surface area contributed by atoms with Crippen LogP contribution in [0.4, 0.5) is 0 Å². The van der Waals surface area contributed by atoms with Gasteiger partial charge in [-0.15, -0.1) is 0 Å². The van der Waals surface area contributed by atoms with Crippen molar-refractivity contribution in [1.29, 1.82) is 0 Å². The quantitative estimate of drug-likeness (QED) is 0.841. The van der Waals surface area contributed by atoms with Crippen LogP contribution in [0.2, 0.25) is 0 Å². The van der Waals surface area contributed by atoms with Gasteiger partial charge in [0.25, 0.3) is 0 Å². The summed E-state index contributed by atoms with van der Waals surface area (Å²) < 4.78 is 0. The van der Waals surface area contributed by atoms with Gasteiger partial charge in [-0.05, 0) is 75.8 Å². The molecule has 2 aliphatic carbocycles. The van der Waals surface area contributed by atoms with E-state index in [1.807, 2.05) is 0 Å². The van der Waals surface area contributed by atoms with Gasteiger partial charge in [0, 0.05) is 18.6 Å². The van der Waals surface area contributed by atoms with Gasteiger partial charge in [-0.25, -0.2) is 0 Å². The number of hydrogen-bond acceptors (Lipinski definition) is 2. The third-order valence-electron chi connectivity index (χ3n) is 6.54. The van der Waals surface area contributed by atoms with E-state index in [1.165, 1.54) is 70.9 Å². The Kier molecular flexibility index (Phi) is 5.61. The maximum absolute atomic E-state index is 3.79. The maximum Gasteiger partial charge on any atom is 0.0124 e. The van der Waals surface area contributed by atoms with Crippen molar-refractivity contribution >= 4 is 0 Å². The summed E-state index contributed by atoms with van der Waals surface area (Å²) in [6.45, 7) is 8.64. The van der Waals surface area contributed by atoms with E-state index in [-0.39, 0.29) is 0 Å². The van der Waals surface area contributed by atoms with Crippen LogP contribution in [0.5, 0.6) is 0 Å². The van der Waals surface area contributed by atoms with Crippen LogP contribution in [0.3, 0.4) is 0 Å². The molecule has 0 aromatic heterocycles. The lowest BCUT2D eigenvalue weighted by molar-refractivity contribution is 0.0326. The van der Waals surface area contributed by atoms with E-state index in [0.29, 0.717) is 0 Å². The molecule has 21 heavy (non-hydrogen) atoms. The summed E-state index contributed by atoms with van der Waals surface area (Å²) in [5.41, 5.74) is 0. The zero-order valence-corrected chi connectivity index (χ0v) is 14.3. The van der Waals surface area contributed by atoms with Crippen molar-refractivity contribution in [3.05, 3.63) is 0 Å². The van der Waals surface area contributed by atoms with Gasteiger partial charge in [-0.1, -0.05) is 26.7 Å². The molecule has 5 unspecified atom stereocenters. The summed E-state index contributed by atoms with van der Waals surface area (Å²) in [7, 11) is 0. The summed E-state index contributed by atoms with van der Waals surface area (Å²) in [6.07, 6.45) is 13.2. The molecular weight excluding hydrogens is 256 g/mol. The molecule has 3 fully saturated rings. The van der Waals surface area contributed by atoms with Gasteiger partial charge in [0.2, 0.25) is 0 Å². The van der Waals surface area contributed by atoms with E-state index < -0.39 is 0 Å². The second-order valence-electron chi connectivity index (χ2n) is 8.09. The third kappa shape index (κ3) is 3.82. The molecule has 0 aromatic carbocycles. The molecule has 0 radical (unpaired) electrons. The van der Waals surface area contributed by atoms with Gasteiger partial charge in [0.05, 0.1) is 0 Å². The number of likely N-dealkylation sites (tertiary alicyclic amines) is 1. The molecule has 1 saturated heterocycles. The number of piperidine rings is 1. The van der Waals surface area contributed by atoms with Gasteiger partial charge in [0.1, 0.15) is 0 Å². The molecule has 2 heteroatoms. The normalized spacial score (nSPS) is 41.7. The number of hydrogen-bond donors (Lipinski definition) is 1. The lowest BCUT2D eigenvalue weighted by Gasteiger charge is -2.47. The Balaban J connectivity index is 1.62. The molecular formula is C19H36N2. The Morgan fingerprint density at radius 3 is 2.67 bits per heavy atom. The molecule has 5 atom stereocenters. The lowest BCUT2D eigenvalue weighted by Crippen LogP contribution is -2.52. The summed E-state index contributed by atoms with van der Waals surface area (Å²) in [4.78, 5) is 2.92. The van der Waals surface area contributed by atoms with E-state index in [4.69, 9.17) is 0 Å². The molecule has 2 saturated carbocycles. The van der Waals surface area contributed by atoms with E-state index in [2.05, 4.69) is 24.1 Å². The predicted molar refractivity (Wildman–Crippen MR) is 90.5 cm³/mol. The highest BCUT2D eigenvalue weighted by molar-refractivity contribution is 4.91. The van der Waals surface area contributed by atoms with Crippen LogP contribution in [-0.4, -0.2) is 36.6 Å². The first-order chi connectivity index (χ1) is 10.3. The Hall–Kier alpha value is -0.0800. The SMILES string of the molecule is CCNC1CCC(C)CC1CN1CCCC2CCCCC21. The van der Waals surface area contributed by atoms with E-state index in [9.17, 15) is 0 Å². The minimum atomic E-state index is 0.787. The third-order valence-corrected chi connectivity index (χ3v) is 6.54. The van der Waals surface area contributed by atoms with Crippen molar-refractivity contribution in [2.45, 2.75) is 83.7 Å². The van der Waals surface area contributed by atoms with Crippen molar-refractivity contribution < 1.29 is 0 Å². The van der Waals surface area contributed by atoms with Gasteiger partial charge in [0.15, 0.2) is 0 Å². The van der Waals surface area contributed by atoms with Crippen molar-refractivity contribution in [3.63, 3.8) is 0 Å². The van der Waals surface area contributed by atoms with Gasteiger partial charge >= 0.3 is 0 Å². The maximum atomic E-state index is 3.79. The molecule has 1 aliphatic heterocycles. The largest absolute Gasteiger partial charge is 0.314 e. The minimum Gasteiger partial charge on any atom is -0.314 e. The first-order valence-electron chi connectivity index (χ1n) is 9.75. The Bertz CT molecular complexity index is 315. The summed E-state index contributed by atoms with van der Waals surface area (Å²) in [5, 5.41) is 3.79. The van der Waals surface area contributed by atoms with Crippen molar-refractivity contribution in [1.82, 2.24) is 10.2 Å². The van der Waals surface area contributed by atoms with Crippen LogP contribution in [0, 0.1) is 17.8 Å². The summed E-state index contributed by atoms with van der Waals surface area (Å²) in [6, 6.07) is 1.72. The van der Waals surface area contributed by atoms with Crippen molar-refractivity contribution in [3.8, 4) is 0 Å². The average Bonchev–Trinajstić information content (AvgIpc) is 2.50. The van der Waals surface area contributed by atoms with Crippen molar-refractivity contribution in [2.75, 3.05) is 19.6 Å². The number of nitrogens with one attached hydrogen (secondary N) is 1. The highest BCUT2D eigenvalue weighted by Gasteiger charge is 2.36. The second-order valence-corrected chi connectivity index (χ2v) is 8.09. The molecule has 2 nitrogen and oxygen atoms in total. The molecule has 0 aromatic rings. The summed E-state index contributed by atoms with van der Waals surface area (Å²) >= 11 is 0. The Morgan fingerprint density at radius 2 is 1.81 bits per heavy atom. The first kappa shape index (κ1) is 15.8. The van der Waals surface area contributed by atoms with Gasteiger partial charge in [-0.2, -0.15) is 0 Å². The van der Waals surface area contributed by atoms with Crippen LogP contribution in [-0.2, 0) is 0 Å². The molecule has 1 N–H and O–H groups in total.